The van der Waals surface area contributed by atoms with Crippen LogP contribution in [0.1, 0.15) is 24.0 Å². The quantitative estimate of drug-likeness (QED) is 0.704. The maximum Gasteiger partial charge on any atom is 0.329 e. The number of fused-ring (bicyclic) bond motifs is 1. The summed E-state index contributed by atoms with van der Waals surface area (Å²) >= 11 is 13.4. The first-order valence-electron chi connectivity index (χ1n) is 6.49. The molecule has 114 valence electrons. The minimum atomic E-state index is -0.398. The van der Waals surface area contributed by atoms with Gasteiger partial charge in [0.2, 0.25) is 0 Å². The van der Waals surface area contributed by atoms with Crippen LogP contribution in [0.5, 0.6) is 0 Å². The molecule has 2 aromatic rings. The van der Waals surface area contributed by atoms with E-state index in [2.05, 4.69) is 10.0 Å². The minimum Gasteiger partial charge on any atom is -0.306 e. The van der Waals surface area contributed by atoms with E-state index in [0.717, 1.165) is 16.8 Å². The first-order valence-corrected chi connectivity index (χ1v) is 8.06. The number of anilines is 1. The highest BCUT2D eigenvalue weighted by Gasteiger charge is 2.26. The maximum absolute atomic E-state index is 14.4. The van der Waals surface area contributed by atoms with Crippen molar-refractivity contribution in [2.75, 3.05) is 5.32 Å². The Hall–Kier alpha value is -1.43. The molecule has 3 nitrogen and oxygen atoms in total. The van der Waals surface area contributed by atoms with Crippen molar-refractivity contribution in [2.24, 2.45) is 0 Å². The molecule has 0 aliphatic carbocycles. The third-order valence-electron chi connectivity index (χ3n) is 3.53. The third-order valence-corrected chi connectivity index (χ3v) is 5.21. The van der Waals surface area contributed by atoms with Gasteiger partial charge in [0.05, 0.1) is 20.6 Å². The lowest BCUT2D eigenvalue weighted by Crippen LogP contribution is -2.28. The van der Waals surface area contributed by atoms with Crippen LogP contribution in [0.25, 0.3) is 0 Å². The number of hydrogen-bond donors (Lipinski definition) is 2. The van der Waals surface area contributed by atoms with E-state index in [0.29, 0.717) is 26.9 Å². The van der Waals surface area contributed by atoms with Crippen molar-refractivity contribution in [1.82, 2.24) is 4.72 Å². The molecule has 2 aromatic carbocycles. The van der Waals surface area contributed by atoms with Crippen LogP contribution < -0.4 is 10.0 Å². The van der Waals surface area contributed by atoms with E-state index in [1.54, 1.807) is 24.3 Å². The van der Waals surface area contributed by atoms with Crippen molar-refractivity contribution in [3.63, 3.8) is 0 Å². The van der Waals surface area contributed by atoms with E-state index < -0.39 is 5.82 Å². The van der Waals surface area contributed by atoms with Gasteiger partial charge in [-0.2, -0.15) is 0 Å². The molecule has 0 radical (unpaired) electrons. The Balaban J connectivity index is 2.15. The normalized spacial score (nSPS) is 14.8. The van der Waals surface area contributed by atoms with Crippen molar-refractivity contribution in [2.45, 2.75) is 17.7 Å². The van der Waals surface area contributed by atoms with Crippen molar-refractivity contribution in [3.05, 3.63) is 57.3 Å². The van der Waals surface area contributed by atoms with E-state index >= 15 is 0 Å². The second-order valence-corrected chi connectivity index (χ2v) is 6.49. The van der Waals surface area contributed by atoms with E-state index in [4.69, 9.17) is 23.2 Å². The topological polar surface area (TPSA) is 41.1 Å². The standard InChI is InChI=1S/C15H11Cl2FN2OS/c1-7(8-3-2-4-9(16)13(8)17)12-10(18)5-6-11-14(12)19-15(21)20-22-11/h2-7H,1H3,(H2,19,20,21). The molecule has 0 bridgehead atoms. The molecule has 2 N–H and O–H groups in total. The van der Waals surface area contributed by atoms with E-state index in [1.807, 2.05) is 6.92 Å². The van der Waals surface area contributed by atoms with Crippen LogP contribution in [0.4, 0.5) is 14.9 Å². The fourth-order valence-electron chi connectivity index (χ4n) is 2.46. The number of halogens is 3. The average Bonchev–Trinajstić information content (AvgIpc) is 2.49. The van der Waals surface area contributed by atoms with Gasteiger partial charge >= 0.3 is 6.03 Å². The van der Waals surface area contributed by atoms with Gasteiger partial charge in [-0.15, -0.1) is 0 Å². The SMILES string of the molecule is CC(c1cccc(Cl)c1Cl)c1c(F)ccc2c1NC(=O)NS2. The molecule has 0 spiro atoms. The van der Waals surface area contributed by atoms with Gasteiger partial charge in [-0.1, -0.05) is 42.3 Å². The van der Waals surface area contributed by atoms with Gasteiger partial charge in [0.1, 0.15) is 5.82 Å². The van der Waals surface area contributed by atoms with Gasteiger partial charge in [-0.05, 0) is 35.7 Å². The molecule has 7 heteroatoms. The highest BCUT2D eigenvalue weighted by molar-refractivity contribution is 7.98. The Bertz CT molecular complexity index is 769. The van der Waals surface area contributed by atoms with Crippen LogP contribution in [0.15, 0.2) is 35.2 Å². The predicted molar refractivity (Wildman–Crippen MR) is 88.4 cm³/mol. The number of urea groups is 1. The molecule has 3 rings (SSSR count). The van der Waals surface area contributed by atoms with E-state index in [-0.39, 0.29) is 11.9 Å². The van der Waals surface area contributed by atoms with Crippen LogP contribution in [0.3, 0.4) is 0 Å². The zero-order chi connectivity index (χ0) is 15.9. The minimum absolute atomic E-state index is 0.361. The van der Waals surface area contributed by atoms with Gasteiger partial charge in [-0.25, -0.2) is 9.18 Å². The smallest absolute Gasteiger partial charge is 0.306 e. The number of amides is 2. The highest BCUT2D eigenvalue weighted by Crippen LogP contribution is 2.42. The van der Waals surface area contributed by atoms with Crippen LogP contribution >= 0.6 is 35.1 Å². The Morgan fingerprint density at radius 1 is 1.23 bits per heavy atom. The summed E-state index contributed by atoms with van der Waals surface area (Å²) in [4.78, 5) is 12.3. The summed E-state index contributed by atoms with van der Waals surface area (Å²) in [5.74, 6) is -0.759. The molecule has 1 aliphatic heterocycles. The van der Waals surface area contributed by atoms with Gasteiger partial charge in [0.15, 0.2) is 0 Å². The van der Waals surface area contributed by atoms with Crippen LogP contribution in [0, 0.1) is 5.82 Å². The number of carbonyl (C=O) groups excluding carboxylic acids is 1. The molecule has 1 unspecified atom stereocenters. The molecule has 1 atom stereocenters. The molecule has 0 saturated carbocycles. The van der Waals surface area contributed by atoms with Crippen molar-refractivity contribution in [3.8, 4) is 0 Å². The number of nitrogens with one attached hydrogen (secondary N) is 2. The van der Waals surface area contributed by atoms with E-state index in [1.165, 1.54) is 6.07 Å². The molecular weight excluding hydrogens is 346 g/mol. The van der Waals surface area contributed by atoms with Gasteiger partial charge in [-0.3, -0.25) is 4.72 Å². The van der Waals surface area contributed by atoms with Crippen LogP contribution in [0.2, 0.25) is 10.0 Å². The zero-order valence-corrected chi connectivity index (χ0v) is 13.7. The number of hydrogen-bond acceptors (Lipinski definition) is 2. The molecular formula is C15H11Cl2FN2OS. The third kappa shape index (κ3) is 2.64. The first-order chi connectivity index (χ1) is 10.5. The largest absolute Gasteiger partial charge is 0.329 e. The molecule has 0 aromatic heterocycles. The molecule has 1 aliphatic rings. The zero-order valence-electron chi connectivity index (χ0n) is 11.4. The monoisotopic (exact) mass is 356 g/mol. The first kappa shape index (κ1) is 15.5. The lowest BCUT2D eigenvalue weighted by molar-refractivity contribution is 0.257. The molecule has 2 amide bonds. The Kier molecular flexibility index (Phi) is 4.21. The van der Waals surface area contributed by atoms with Gasteiger partial charge in [0.25, 0.3) is 0 Å². The predicted octanol–water partition coefficient (Wildman–Crippen LogP) is 5.43. The number of carbonyl (C=O) groups is 1. The van der Waals surface area contributed by atoms with Crippen LogP contribution in [-0.2, 0) is 0 Å². The Labute approximate surface area is 141 Å². The van der Waals surface area contributed by atoms with Gasteiger partial charge in [0, 0.05) is 11.5 Å². The van der Waals surface area contributed by atoms with Crippen LogP contribution in [-0.4, -0.2) is 6.03 Å². The molecule has 22 heavy (non-hydrogen) atoms. The maximum atomic E-state index is 14.4. The summed E-state index contributed by atoms with van der Waals surface area (Å²) in [5.41, 5.74) is 1.57. The Morgan fingerprint density at radius 2 is 2.00 bits per heavy atom. The fourth-order valence-corrected chi connectivity index (χ4v) is 3.59. The highest BCUT2D eigenvalue weighted by atomic mass is 35.5. The van der Waals surface area contributed by atoms with Gasteiger partial charge < -0.3 is 5.32 Å². The lowest BCUT2D eigenvalue weighted by Gasteiger charge is -2.24. The summed E-state index contributed by atoms with van der Waals surface area (Å²) in [7, 11) is 0. The molecule has 0 fully saturated rings. The molecule has 0 saturated heterocycles. The fraction of sp³-hybridized carbons (Fsp3) is 0.133. The summed E-state index contributed by atoms with van der Waals surface area (Å²) < 4.78 is 17.0. The summed E-state index contributed by atoms with van der Waals surface area (Å²) in [6, 6.07) is 7.87. The molecule has 1 heterocycles. The van der Waals surface area contributed by atoms with E-state index in [9.17, 15) is 9.18 Å². The Morgan fingerprint density at radius 3 is 2.77 bits per heavy atom. The second kappa shape index (κ2) is 5.99. The summed E-state index contributed by atoms with van der Waals surface area (Å²) in [6.45, 7) is 1.83. The second-order valence-electron chi connectivity index (χ2n) is 4.86. The average molecular weight is 357 g/mol. The number of benzene rings is 2. The number of rotatable bonds is 2. The van der Waals surface area contributed by atoms with Crippen molar-refractivity contribution >= 4 is 46.9 Å². The lowest BCUT2D eigenvalue weighted by atomic mass is 9.91. The summed E-state index contributed by atoms with van der Waals surface area (Å²) in [5, 5.41) is 3.47. The summed E-state index contributed by atoms with van der Waals surface area (Å²) in [6.07, 6.45) is 0. The van der Waals surface area contributed by atoms with Crippen molar-refractivity contribution in [1.29, 1.82) is 0 Å². The van der Waals surface area contributed by atoms with Crippen molar-refractivity contribution < 1.29 is 9.18 Å².